The molecule has 1 atom stereocenters. The van der Waals surface area contributed by atoms with E-state index in [4.69, 9.17) is 17.0 Å². The average Bonchev–Trinajstić information content (AvgIpc) is 3.26. The molecular formula is C33H36FN5O4S. The number of carbonyl (C=O) groups is 3. The summed E-state index contributed by atoms with van der Waals surface area (Å²) in [6.45, 7) is 7.06. The van der Waals surface area contributed by atoms with Crippen LogP contribution in [-0.4, -0.2) is 84.6 Å². The molecule has 2 amide bonds. The van der Waals surface area contributed by atoms with Crippen molar-refractivity contribution in [3.8, 4) is 0 Å². The minimum atomic E-state index is -0.804. The van der Waals surface area contributed by atoms with Crippen molar-refractivity contribution in [2.45, 2.75) is 25.8 Å². The van der Waals surface area contributed by atoms with E-state index in [0.717, 1.165) is 39.1 Å². The standard InChI is InChI=1S/C33H36FN5O4S/c1-2-43-32(42)24-9-13-26(14-10-24)35-30(40)23-29-31(41)39(28-15-11-25(34)12-16-28)33(44)38(29)18-6-17-36-19-21-37(22-20-36)27-7-4-3-5-8-27/h3-5,7-16,29H,2,6,17-23H2,1H3,(H,35,40)/t29-/m0/s1. The molecule has 0 spiro atoms. The summed E-state index contributed by atoms with van der Waals surface area (Å²) in [7, 11) is 0. The third kappa shape index (κ3) is 7.40. The zero-order valence-corrected chi connectivity index (χ0v) is 25.5. The van der Waals surface area contributed by atoms with E-state index in [9.17, 15) is 18.8 Å². The van der Waals surface area contributed by atoms with E-state index in [-0.39, 0.29) is 24.8 Å². The Labute approximate surface area is 262 Å². The molecule has 0 saturated carbocycles. The monoisotopic (exact) mass is 617 g/mol. The van der Waals surface area contributed by atoms with Crippen LogP contribution in [0.15, 0.2) is 78.9 Å². The average molecular weight is 618 g/mol. The predicted molar refractivity (Wildman–Crippen MR) is 172 cm³/mol. The van der Waals surface area contributed by atoms with Gasteiger partial charge in [0.15, 0.2) is 5.11 Å². The van der Waals surface area contributed by atoms with E-state index in [1.807, 2.05) is 11.0 Å². The Morgan fingerprint density at radius 3 is 2.25 bits per heavy atom. The van der Waals surface area contributed by atoms with Crippen molar-refractivity contribution in [2.24, 2.45) is 0 Å². The molecule has 5 rings (SSSR count). The van der Waals surface area contributed by atoms with Gasteiger partial charge in [0.2, 0.25) is 5.91 Å². The first-order valence-electron chi connectivity index (χ1n) is 14.8. The van der Waals surface area contributed by atoms with Crippen LogP contribution in [-0.2, 0) is 14.3 Å². The fourth-order valence-electron chi connectivity index (χ4n) is 5.54. The zero-order valence-electron chi connectivity index (χ0n) is 24.7. The summed E-state index contributed by atoms with van der Waals surface area (Å²) in [4.78, 5) is 46.7. The van der Waals surface area contributed by atoms with Gasteiger partial charge in [-0.2, -0.15) is 0 Å². The lowest BCUT2D eigenvalue weighted by Crippen LogP contribution is -2.47. The molecule has 44 heavy (non-hydrogen) atoms. The van der Waals surface area contributed by atoms with Crippen LogP contribution in [0.5, 0.6) is 0 Å². The molecule has 0 radical (unpaired) electrons. The summed E-state index contributed by atoms with van der Waals surface area (Å²) in [5.74, 6) is -1.55. The second kappa shape index (κ2) is 14.4. The largest absolute Gasteiger partial charge is 0.462 e. The minimum Gasteiger partial charge on any atom is -0.462 e. The number of para-hydroxylation sites is 1. The Hall–Kier alpha value is -4.35. The van der Waals surface area contributed by atoms with Crippen LogP contribution < -0.4 is 15.1 Å². The molecule has 0 aromatic heterocycles. The zero-order chi connectivity index (χ0) is 31.1. The number of ether oxygens (including phenoxy) is 1. The summed E-state index contributed by atoms with van der Waals surface area (Å²) in [5.41, 5.74) is 2.56. The van der Waals surface area contributed by atoms with Gasteiger partial charge in [0.1, 0.15) is 11.9 Å². The molecule has 2 fully saturated rings. The van der Waals surface area contributed by atoms with Gasteiger partial charge in [-0.3, -0.25) is 19.4 Å². The number of amides is 2. The first-order chi connectivity index (χ1) is 21.3. The smallest absolute Gasteiger partial charge is 0.338 e. The molecule has 0 bridgehead atoms. The van der Waals surface area contributed by atoms with Crippen LogP contribution in [0.1, 0.15) is 30.1 Å². The van der Waals surface area contributed by atoms with Crippen molar-refractivity contribution in [1.82, 2.24) is 9.80 Å². The molecule has 230 valence electrons. The summed E-state index contributed by atoms with van der Waals surface area (Å²) >= 11 is 5.75. The van der Waals surface area contributed by atoms with Crippen molar-refractivity contribution in [3.05, 3.63) is 90.2 Å². The van der Waals surface area contributed by atoms with Gasteiger partial charge in [-0.1, -0.05) is 18.2 Å². The molecule has 2 aliphatic rings. The summed E-state index contributed by atoms with van der Waals surface area (Å²) in [6.07, 6.45) is 0.634. The van der Waals surface area contributed by atoms with Crippen molar-refractivity contribution < 1.29 is 23.5 Å². The number of nitrogens with zero attached hydrogens (tertiary/aromatic N) is 4. The van der Waals surface area contributed by atoms with Crippen LogP contribution in [0, 0.1) is 5.82 Å². The van der Waals surface area contributed by atoms with Crippen LogP contribution >= 0.6 is 12.2 Å². The number of halogens is 1. The van der Waals surface area contributed by atoms with E-state index < -0.39 is 17.8 Å². The fraction of sp³-hybridized carbons (Fsp3) is 0.333. The van der Waals surface area contributed by atoms with Gasteiger partial charge in [-0.15, -0.1) is 0 Å². The highest BCUT2D eigenvalue weighted by atomic mass is 32.1. The Morgan fingerprint density at radius 2 is 1.59 bits per heavy atom. The van der Waals surface area contributed by atoms with Gasteiger partial charge >= 0.3 is 5.97 Å². The topological polar surface area (TPSA) is 85.4 Å². The number of rotatable bonds is 11. The van der Waals surface area contributed by atoms with Crippen LogP contribution in [0.25, 0.3) is 0 Å². The van der Waals surface area contributed by atoms with Crippen molar-refractivity contribution in [2.75, 3.05) is 61.0 Å². The van der Waals surface area contributed by atoms with E-state index in [0.29, 0.717) is 28.6 Å². The summed E-state index contributed by atoms with van der Waals surface area (Å²) < 4.78 is 18.6. The molecule has 0 aliphatic carbocycles. The highest BCUT2D eigenvalue weighted by Crippen LogP contribution is 2.28. The predicted octanol–water partition coefficient (Wildman–Crippen LogP) is 4.55. The van der Waals surface area contributed by atoms with Crippen LogP contribution in [0.2, 0.25) is 0 Å². The second-order valence-electron chi connectivity index (χ2n) is 10.7. The fourth-order valence-corrected chi connectivity index (χ4v) is 5.95. The number of piperazine rings is 1. The molecule has 2 aliphatic heterocycles. The van der Waals surface area contributed by atoms with E-state index in [1.54, 1.807) is 31.2 Å². The molecule has 3 aromatic carbocycles. The lowest BCUT2D eigenvalue weighted by Gasteiger charge is -2.36. The molecular weight excluding hydrogens is 581 g/mol. The van der Waals surface area contributed by atoms with Gasteiger partial charge in [-0.25, -0.2) is 9.18 Å². The molecule has 1 N–H and O–H groups in total. The molecule has 3 aromatic rings. The maximum Gasteiger partial charge on any atom is 0.338 e. The molecule has 2 saturated heterocycles. The first kappa shape index (κ1) is 31.1. The molecule has 2 heterocycles. The van der Waals surface area contributed by atoms with Gasteiger partial charge in [0.05, 0.1) is 24.3 Å². The molecule has 9 nitrogen and oxygen atoms in total. The Kier molecular flexibility index (Phi) is 10.2. The third-order valence-electron chi connectivity index (χ3n) is 7.83. The van der Waals surface area contributed by atoms with Crippen molar-refractivity contribution >= 4 is 52.2 Å². The lowest BCUT2D eigenvalue weighted by molar-refractivity contribution is -0.124. The van der Waals surface area contributed by atoms with E-state index in [1.165, 1.54) is 34.9 Å². The van der Waals surface area contributed by atoms with Gasteiger partial charge in [0.25, 0.3) is 5.91 Å². The number of hydrogen-bond acceptors (Lipinski definition) is 7. The van der Waals surface area contributed by atoms with E-state index in [2.05, 4.69) is 39.4 Å². The summed E-state index contributed by atoms with van der Waals surface area (Å²) in [6, 6.07) is 21.5. The number of carbonyl (C=O) groups excluding carboxylic acids is 3. The van der Waals surface area contributed by atoms with Crippen LogP contribution in [0.3, 0.4) is 0 Å². The van der Waals surface area contributed by atoms with Crippen LogP contribution in [0.4, 0.5) is 21.5 Å². The summed E-state index contributed by atoms with van der Waals surface area (Å²) in [5, 5.41) is 3.11. The Balaban J connectivity index is 1.22. The highest BCUT2D eigenvalue weighted by Gasteiger charge is 2.44. The first-order valence-corrected chi connectivity index (χ1v) is 15.2. The van der Waals surface area contributed by atoms with Crippen molar-refractivity contribution in [3.63, 3.8) is 0 Å². The van der Waals surface area contributed by atoms with Crippen molar-refractivity contribution in [1.29, 1.82) is 0 Å². The number of esters is 1. The Morgan fingerprint density at radius 1 is 0.909 bits per heavy atom. The molecule has 11 heteroatoms. The number of nitrogens with one attached hydrogen (secondary N) is 1. The van der Waals surface area contributed by atoms with Gasteiger partial charge < -0.3 is 19.9 Å². The minimum absolute atomic E-state index is 0.119. The number of benzene rings is 3. The van der Waals surface area contributed by atoms with Gasteiger partial charge in [0, 0.05) is 44.1 Å². The SMILES string of the molecule is CCOC(=O)c1ccc(NC(=O)C[C@H]2C(=O)N(c3ccc(F)cc3)C(=S)N2CCCN2CCN(c3ccccc3)CC2)cc1. The lowest BCUT2D eigenvalue weighted by atomic mass is 10.1. The third-order valence-corrected chi connectivity index (χ3v) is 8.25. The second-order valence-corrected chi connectivity index (χ2v) is 11.1. The number of anilines is 3. The number of hydrogen-bond donors (Lipinski definition) is 1. The maximum atomic E-state index is 13.7. The molecule has 0 unspecified atom stereocenters. The maximum absolute atomic E-state index is 13.7. The van der Waals surface area contributed by atoms with Gasteiger partial charge in [-0.05, 0) is 92.8 Å². The quantitative estimate of drug-likeness (QED) is 0.248. The van der Waals surface area contributed by atoms with E-state index >= 15 is 0 Å². The Bertz CT molecular complexity index is 1460. The normalized spacial score (nSPS) is 17.2. The highest BCUT2D eigenvalue weighted by molar-refractivity contribution is 7.80. The number of thiocarbonyl (C=S) groups is 1.